The van der Waals surface area contributed by atoms with Gasteiger partial charge in [0.1, 0.15) is 5.69 Å². The number of nitrogens with zero attached hydrogens (tertiary/aromatic N) is 1. The minimum absolute atomic E-state index is 0.0598. The molecule has 9 nitrogen and oxygen atoms in total. The molecule has 80 valence electrons. The van der Waals surface area contributed by atoms with E-state index in [9.17, 15) is 19.7 Å². The van der Waals surface area contributed by atoms with Crippen molar-refractivity contribution >= 4 is 17.6 Å². The van der Waals surface area contributed by atoms with Gasteiger partial charge in [0, 0.05) is 6.07 Å². The molecular formula is C6H7N5O4. The SMILES string of the molecule is NC(=O)NNC(=O)c1cc([N+](=O)[O-])c[nH]1. The highest BCUT2D eigenvalue weighted by Crippen LogP contribution is 2.11. The monoisotopic (exact) mass is 213 g/mol. The van der Waals surface area contributed by atoms with Gasteiger partial charge in [0.05, 0.1) is 11.1 Å². The summed E-state index contributed by atoms with van der Waals surface area (Å²) in [5.74, 6) is -0.734. The molecule has 0 aromatic carbocycles. The van der Waals surface area contributed by atoms with Gasteiger partial charge in [-0.3, -0.25) is 20.3 Å². The molecule has 15 heavy (non-hydrogen) atoms. The standard InChI is InChI=1S/C6H7N5O4/c7-6(13)10-9-5(12)4-1-3(2-8-4)11(14)15/h1-2,8H,(H,9,12)(H3,7,10,13). The van der Waals surface area contributed by atoms with Crippen molar-refractivity contribution in [2.24, 2.45) is 5.73 Å². The van der Waals surface area contributed by atoms with Gasteiger partial charge in [0.2, 0.25) is 0 Å². The molecule has 1 rings (SSSR count). The number of nitro groups is 1. The zero-order valence-corrected chi connectivity index (χ0v) is 7.31. The van der Waals surface area contributed by atoms with Crippen molar-refractivity contribution in [1.82, 2.24) is 15.8 Å². The van der Waals surface area contributed by atoms with Crippen LogP contribution in [0.5, 0.6) is 0 Å². The molecule has 1 aromatic rings. The number of urea groups is 1. The Labute approximate surface area is 82.8 Å². The van der Waals surface area contributed by atoms with Gasteiger partial charge in [-0.2, -0.15) is 0 Å². The van der Waals surface area contributed by atoms with E-state index in [1.807, 2.05) is 10.9 Å². The van der Waals surface area contributed by atoms with Crippen LogP contribution in [-0.2, 0) is 0 Å². The summed E-state index contributed by atoms with van der Waals surface area (Å²) in [6.45, 7) is 0. The summed E-state index contributed by atoms with van der Waals surface area (Å²) in [5.41, 5.74) is 8.14. The van der Waals surface area contributed by atoms with Crippen LogP contribution >= 0.6 is 0 Å². The zero-order valence-electron chi connectivity index (χ0n) is 7.31. The van der Waals surface area contributed by atoms with Crippen molar-refractivity contribution in [3.8, 4) is 0 Å². The summed E-state index contributed by atoms with van der Waals surface area (Å²) >= 11 is 0. The van der Waals surface area contributed by atoms with Crippen LogP contribution in [0, 0.1) is 10.1 Å². The van der Waals surface area contributed by atoms with Gasteiger partial charge < -0.3 is 10.7 Å². The molecule has 0 unspecified atom stereocenters. The number of nitrogens with two attached hydrogens (primary N) is 1. The van der Waals surface area contributed by atoms with Crippen molar-refractivity contribution in [2.75, 3.05) is 0 Å². The van der Waals surface area contributed by atoms with Gasteiger partial charge in [-0.15, -0.1) is 0 Å². The highest BCUT2D eigenvalue weighted by Gasteiger charge is 2.14. The third-order valence-corrected chi connectivity index (χ3v) is 1.42. The third-order valence-electron chi connectivity index (χ3n) is 1.42. The fourth-order valence-electron chi connectivity index (χ4n) is 0.805. The summed E-state index contributed by atoms with van der Waals surface area (Å²) < 4.78 is 0. The zero-order chi connectivity index (χ0) is 11.4. The number of hydrazine groups is 1. The number of nitrogens with one attached hydrogen (secondary N) is 3. The van der Waals surface area contributed by atoms with E-state index >= 15 is 0 Å². The van der Waals surface area contributed by atoms with Crippen molar-refractivity contribution in [1.29, 1.82) is 0 Å². The number of aromatic nitrogens is 1. The van der Waals surface area contributed by atoms with E-state index in [1.54, 1.807) is 0 Å². The first-order valence-corrected chi connectivity index (χ1v) is 3.69. The summed E-state index contributed by atoms with van der Waals surface area (Å²) in [5, 5.41) is 10.3. The van der Waals surface area contributed by atoms with Crippen LogP contribution in [0.4, 0.5) is 10.5 Å². The summed E-state index contributed by atoms with van der Waals surface area (Å²) in [6, 6.07) is 0.0854. The number of carbonyl (C=O) groups excluding carboxylic acids is 2. The molecule has 0 bridgehead atoms. The minimum atomic E-state index is -0.940. The largest absolute Gasteiger partial charge is 0.351 e. The topological polar surface area (TPSA) is 143 Å². The van der Waals surface area contributed by atoms with Gasteiger partial charge in [-0.25, -0.2) is 10.2 Å². The van der Waals surface area contributed by atoms with Crippen LogP contribution in [0.1, 0.15) is 10.5 Å². The Bertz CT molecular complexity index is 411. The van der Waals surface area contributed by atoms with E-state index in [1.165, 1.54) is 0 Å². The van der Waals surface area contributed by atoms with Gasteiger partial charge >= 0.3 is 6.03 Å². The Balaban J connectivity index is 2.66. The van der Waals surface area contributed by atoms with Gasteiger partial charge in [0.25, 0.3) is 11.6 Å². The van der Waals surface area contributed by atoms with Crippen LogP contribution in [0.2, 0.25) is 0 Å². The molecule has 0 aliphatic rings. The molecule has 3 amide bonds. The Morgan fingerprint density at radius 2 is 2.13 bits per heavy atom. The Morgan fingerprint density at radius 3 is 2.60 bits per heavy atom. The lowest BCUT2D eigenvalue weighted by Crippen LogP contribution is -2.44. The van der Waals surface area contributed by atoms with E-state index < -0.39 is 16.9 Å². The highest BCUT2D eigenvalue weighted by atomic mass is 16.6. The van der Waals surface area contributed by atoms with Gasteiger partial charge in [-0.1, -0.05) is 0 Å². The number of carbonyl (C=O) groups is 2. The normalized spacial score (nSPS) is 9.33. The molecule has 9 heteroatoms. The summed E-state index contributed by atoms with van der Waals surface area (Å²) in [4.78, 5) is 33.4. The van der Waals surface area contributed by atoms with E-state index in [0.29, 0.717) is 0 Å². The molecule has 0 atom stereocenters. The predicted molar refractivity (Wildman–Crippen MR) is 47.6 cm³/mol. The molecular weight excluding hydrogens is 206 g/mol. The highest BCUT2D eigenvalue weighted by molar-refractivity contribution is 5.94. The maximum absolute atomic E-state index is 11.1. The number of hydrogen-bond donors (Lipinski definition) is 4. The Kier molecular flexibility index (Phi) is 2.86. The third kappa shape index (κ3) is 2.69. The minimum Gasteiger partial charge on any atom is -0.351 e. The van der Waals surface area contributed by atoms with Crippen LogP contribution in [-0.4, -0.2) is 21.8 Å². The molecule has 0 aliphatic carbocycles. The number of amides is 3. The van der Waals surface area contributed by atoms with Gasteiger partial charge in [-0.05, 0) is 0 Å². The first kappa shape index (κ1) is 10.5. The average Bonchev–Trinajstić information content (AvgIpc) is 2.62. The van der Waals surface area contributed by atoms with E-state index in [-0.39, 0.29) is 11.4 Å². The molecule has 0 spiro atoms. The molecule has 0 fully saturated rings. The van der Waals surface area contributed by atoms with Crippen molar-refractivity contribution in [3.05, 3.63) is 28.1 Å². The lowest BCUT2D eigenvalue weighted by Gasteiger charge is -2.01. The number of primary amides is 1. The molecule has 1 heterocycles. The van der Waals surface area contributed by atoms with E-state index in [0.717, 1.165) is 12.3 Å². The van der Waals surface area contributed by atoms with Crippen molar-refractivity contribution in [2.45, 2.75) is 0 Å². The van der Waals surface area contributed by atoms with Gasteiger partial charge in [0.15, 0.2) is 0 Å². The van der Waals surface area contributed by atoms with E-state index in [4.69, 9.17) is 0 Å². The van der Waals surface area contributed by atoms with Crippen molar-refractivity contribution in [3.63, 3.8) is 0 Å². The van der Waals surface area contributed by atoms with Crippen molar-refractivity contribution < 1.29 is 14.5 Å². The predicted octanol–water partition coefficient (Wildman–Crippen LogP) is -0.764. The second-order valence-corrected chi connectivity index (χ2v) is 2.47. The molecule has 5 N–H and O–H groups in total. The Hall–Kier alpha value is -2.58. The number of aromatic amines is 1. The molecule has 0 saturated carbocycles. The first-order valence-electron chi connectivity index (χ1n) is 3.69. The smallest absolute Gasteiger partial charge is 0.330 e. The fraction of sp³-hybridized carbons (Fsp3) is 0. The van der Waals surface area contributed by atoms with Crippen LogP contribution < -0.4 is 16.6 Å². The van der Waals surface area contributed by atoms with E-state index in [2.05, 4.69) is 10.7 Å². The molecule has 0 radical (unpaired) electrons. The number of hydrogen-bond acceptors (Lipinski definition) is 4. The molecule has 1 aromatic heterocycles. The molecule has 0 aliphatic heterocycles. The number of rotatable bonds is 2. The quantitative estimate of drug-likeness (QED) is 0.378. The van der Waals surface area contributed by atoms with Crippen LogP contribution in [0.25, 0.3) is 0 Å². The summed E-state index contributed by atoms with van der Waals surface area (Å²) in [7, 11) is 0. The first-order chi connectivity index (χ1) is 7.00. The lowest BCUT2D eigenvalue weighted by atomic mass is 10.4. The second kappa shape index (κ2) is 4.09. The number of H-pyrrole nitrogens is 1. The van der Waals surface area contributed by atoms with Crippen LogP contribution in [0.3, 0.4) is 0 Å². The second-order valence-electron chi connectivity index (χ2n) is 2.47. The lowest BCUT2D eigenvalue weighted by molar-refractivity contribution is -0.384. The van der Waals surface area contributed by atoms with Crippen LogP contribution in [0.15, 0.2) is 12.3 Å². The maximum Gasteiger partial charge on any atom is 0.330 e. The molecule has 0 saturated heterocycles. The summed E-state index contributed by atoms with van der Waals surface area (Å²) in [6.07, 6.45) is 1.05. The Morgan fingerprint density at radius 1 is 1.47 bits per heavy atom. The fourth-order valence-corrected chi connectivity index (χ4v) is 0.805. The average molecular weight is 213 g/mol. The maximum atomic E-state index is 11.1.